The van der Waals surface area contributed by atoms with Gasteiger partial charge in [-0.15, -0.1) is 0 Å². The first-order chi connectivity index (χ1) is 10.7. The van der Waals surface area contributed by atoms with Crippen LogP contribution in [0.15, 0.2) is 30.5 Å². The maximum absolute atomic E-state index is 11.5. The molecule has 2 N–H and O–H groups in total. The lowest BCUT2D eigenvalue weighted by molar-refractivity contribution is 0.244. The van der Waals surface area contributed by atoms with Gasteiger partial charge in [-0.2, -0.15) is 0 Å². The minimum absolute atomic E-state index is 0.194. The zero-order valence-corrected chi connectivity index (χ0v) is 13.6. The molecule has 1 aromatic carbocycles. The van der Waals surface area contributed by atoms with Gasteiger partial charge >= 0.3 is 6.03 Å². The smallest absolute Gasteiger partial charge is 0.318 e. The van der Waals surface area contributed by atoms with Crippen molar-refractivity contribution in [1.29, 1.82) is 0 Å². The van der Waals surface area contributed by atoms with E-state index >= 15 is 0 Å². The summed E-state index contributed by atoms with van der Waals surface area (Å²) < 4.78 is 11.1. The normalized spacial score (nSPS) is 10.5. The Labute approximate surface area is 132 Å². The van der Waals surface area contributed by atoms with Crippen LogP contribution in [0.25, 0.3) is 0 Å². The molecule has 0 fully saturated rings. The first-order valence-corrected chi connectivity index (χ1v) is 7.79. The van der Waals surface area contributed by atoms with Crippen LogP contribution >= 0.6 is 0 Å². The van der Waals surface area contributed by atoms with E-state index in [9.17, 15) is 4.79 Å². The molecule has 0 saturated carbocycles. The molecule has 0 atom stereocenters. The number of benzene rings is 1. The van der Waals surface area contributed by atoms with E-state index in [4.69, 9.17) is 9.47 Å². The van der Waals surface area contributed by atoms with Crippen molar-refractivity contribution >= 4 is 6.03 Å². The van der Waals surface area contributed by atoms with Gasteiger partial charge in [-0.25, -0.2) is 4.79 Å². The van der Waals surface area contributed by atoms with Gasteiger partial charge in [-0.05, 0) is 44.4 Å². The molecule has 5 heteroatoms. The average Bonchev–Trinajstić information content (AvgIpc) is 2.50. The summed E-state index contributed by atoms with van der Waals surface area (Å²) in [6, 6.07) is 5.67. The Hall–Kier alpha value is -2.17. The van der Waals surface area contributed by atoms with Crippen molar-refractivity contribution in [3.63, 3.8) is 0 Å². The van der Waals surface area contributed by atoms with Crippen molar-refractivity contribution in [2.45, 2.75) is 33.6 Å². The zero-order valence-electron chi connectivity index (χ0n) is 13.6. The van der Waals surface area contributed by atoms with Crippen molar-refractivity contribution in [2.24, 2.45) is 0 Å². The summed E-state index contributed by atoms with van der Waals surface area (Å²) in [5, 5.41) is 5.46. The van der Waals surface area contributed by atoms with Gasteiger partial charge in [0, 0.05) is 12.7 Å². The molecule has 0 aromatic heterocycles. The monoisotopic (exact) mass is 306 g/mol. The van der Waals surface area contributed by atoms with Gasteiger partial charge in [0.1, 0.15) is 0 Å². The fraction of sp³-hybridized carbons (Fsp3) is 0.471. The molecule has 0 heterocycles. The molecular weight excluding hydrogens is 280 g/mol. The summed E-state index contributed by atoms with van der Waals surface area (Å²) in [6.45, 7) is 7.65. The summed E-state index contributed by atoms with van der Waals surface area (Å²) in [4.78, 5) is 11.5. The highest BCUT2D eigenvalue weighted by Crippen LogP contribution is 2.28. The van der Waals surface area contributed by atoms with Crippen LogP contribution in [0.4, 0.5) is 4.79 Å². The average molecular weight is 306 g/mol. The third kappa shape index (κ3) is 6.52. The van der Waals surface area contributed by atoms with E-state index in [1.54, 1.807) is 6.20 Å². The van der Waals surface area contributed by atoms with Crippen molar-refractivity contribution in [3.8, 4) is 11.5 Å². The lowest BCUT2D eigenvalue weighted by Gasteiger charge is -2.12. The van der Waals surface area contributed by atoms with Crippen molar-refractivity contribution in [3.05, 3.63) is 36.0 Å². The molecule has 0 aliphatic carbocycles. The van der Waals surface area contributed by atoms with Gasteiger partial charge in [0.2, 0.25) is 0 Å². The molecule has 0 unspecified atom stereocenters. The second-order valence-corrected chi connectivity index (χ2v) is 4.61. The largest absolute Gasteiger partial charge is 0.490 e. The number of hydrogen-bond acceptors (Lipinski definition) is 3. The van der Waals surface area contributed by atoms with E-state index < -0.39 is 0 Å². The van der Waals surface area contributed by atoms with Crippen LogP contribution in [-0.4, -0.2) is 25.8 Å². The van der Waals surface area contributed by atoms with E-state index in [2.05, 4.69) is 10.6 Å². The molecule has 1 aromatic rings. The van der Waals surface area contributed by atoms with Gasteiger partial charge in [-0.1, -0.05) is 19.1 Å². The minimum atomic E-state index is -0.194. The Morgan fingerprint density at radius 2 is 1.86 bits per heavy atom. The second kappa shape index (κ2) is 10.5. The highest BCUT2D eigenvalue weighted by Gasteiger charge is 2.06. The SMILES string of the molecule is CC/C=C/NC(=O)NCCc1ccc(OCC)c(OCC)c1. The predicted octanol–water partition coefficient (Wildman–Crippen LogP) is 3.25. The zero-order chi connectivity index (χ0) is 16.2. The molecule has 2 amide bonds. The molecule has 0 aliphatic rings. The number of carbonyl (C=O) groups excluding carboxylic acids is 1. The Morgan fingerprint density at radius 3 is 2.55 bits per heavy atom. The summed E-state index contributed by atoms with van der Waals surface area (Å²) in [6.07, 6.45) is 5.17. The Bertz CT molecular complexity index is 487. The number of allylic oxidation sites excluding steroid dienone is 1. The van der Waals surface area contributed by atoms with Gasteiger partial charge < -0.3 is 20.1 Å². The number of hydrogen-bond donors (Lipinski definition) is 2. The fourth-order valence-corrected chi connectivity index (χ4v) is 1.87. The lowest BCUT2D eigenvalue weighted by atomic mass is 10.1. The van der Waals surface area contributed by atoms with Crippen LogP contribution in [0.3, 0.4) is 0 Å². The van der Waals surface area contributed by atoms with Crippen molar-refractivity contribution < 1.29 is 14.3 Å². The third-order valence-corrected chi connectivity index (χ3v) is 2.88. The summed E-state index contributed by atoms with van der Waals surface area (Å²) in [5.41, 5.74) is 1.09. The van der Waals surface area contributed by atoms with E-state index in [-0.39, 0.29) is 6.03 Å². The highest BCUT2D eigenvalue weighted by atomic mass is 16.5. The van der Waals surface area contributed by atoms with Crippen LogP contribution in [0.5, 0.6) is 11.5 Å². The van der Waals surface area contributed by atoms with Gasteiger partial charge in [0.05, 0.1) is 13.2 Å². The molecule has 1 rings (SSSR count). The van der Waals surface area contributed by atoms with E-state index in [0.29, 0.717) is 19.8 Å². The molecule has 122 valence electrons. The van der Waals surface area contributed by atoms with Gasteiger partial charge in [0.25, 0.3) is 0 Å². The lowest BCUT2D eigenvalue weighted by Crippen LogP contribution is -2.33. The topological polar surface area (TPSA) is 59.6 Å². The fourth-order valence-electron chi connectivity index (χ4n) is 1.87. The Kier molecular flexibility index (Phi) is 8.57. The predicted molar refractivity (Wildman–Crippen MR) is 88.4 cm³/mol. The number of carbonyl (C=O) groups is 1. The molecule has 0 saturated heterocycles. The maximum atomic E-state index is 11.5. The summed E-state index contributed by atoms with van der Waals surface area (Å²) in [5.74, 6) is 1.50. The molecular formula is C17H26N2O3. The quantitative estimate of drug-likeness (QED) is 0.736. The summed E-state index contributed by atoms with van der Waals surface area (Å²) >= 11 is 0. The van der Waals surface area contributed by atoms with Gasteiger partial charge in [-0.3, -0.25) is 0 Å². The minimum Gasteiger partial charge on any atom is -0.490 e. The Balaban J connectivity index is 2.50. The van der Waals surface area contributed by atoms with Crippen LogP contribution in [0, 0.1) is 0 Å². The van der Waals surface area contributed by atoms with Crippen LogP contribution in [-0.2, 0) is 6.42 Å². The van der Waals surface area contributed by atoms with E-state index in [1.165, 1.54) is 0 Å². The first-order valence-electron chi connectivity index (χ1n) is 7.79. The highest BCUT2D eigenvalue weighted by molar-refractivity contribution is 5.74. The molecule has 0 bridgehead atoms. The second-order valence-electron chi connectivity index (χ2n) is 4.61. The van der Waals surface area contributed by atoms with Crippen molar-refractivity contribution in [1.82, 2.24) is 10.6 Å². The van der Waals surface area contributed by atoms with Crippen LogP contribution in [0.2, 0.25) is 0 Å². The number of amides is 2. The van der Waals surface area contributed by atoms with Crippen LogP contribution < -0.4 is 20.1 Å². The molecule has 0 radical (unpaired) electrons. The third-order valence-electron chi connectivity index (χ3n) is 2.88. The standard InChI is InChI=1S/C17H26N2O3/c1-4-7-11-18-17(20)19-12-10-14-8-9-15(21-5-2)16(13-14)22-6-3/h7-9,11,13H,4-6,10,12H2,1-3H3,(H2,18,19,20)/b11-7+. The number of rotatable bonds is 9. The molecule has 22 heavy (non-hydrogen) atoms. The van der Waals surface area contributed by atoms with Gasteiger partial charge in [0.15, 0.2) is 11.5 Å². The van der Waals surface area contributed by atoms with E-state index in [1.807, 2.05) is 45.0 Å². The maximum Gasteiger partial charge on any atom is 0.318 e. The summed E-state index contributed by atoms with van der Waals surface area (Å²) in [7, 11) is 0. The number of urea groups is 1. The molecule has 0 aliphatic heterocycles. The van der Waals surface area contributed by atoms with E-state index in [0.717, 1.165) is 29.9 Å². The molecule has 5 nitrogen and oxygen atoms in total. The Morgan fingerprint density at radius 1 is 1.14 bits per heavy atom. The van der Waals surface area contributed by atoms with Crippen molar-refractivity contribution in [2.75, 3.05) is 19.8 Å². The number of nitrogens with one attached hydrogen (secondary N) is 2. The number of ether oxygens (including phenoxy) is 2. The molecule has 0 spiro atoms. The first kappa shape index (κ1) is 17.9. The van der Waals surface area contributed by atoms with Crippen LogP contribution in [0.1, 0.15) is 32.8 Å².